The number of hydrogen-bond acceptors (Lipinski definition) is 2. The van der Waals surface area contributed by atoms with Gasteiger partial charge in [0.1, 0.15) is 5.76 Å². The Kier molecular flexibility index (Phi) is 3.69. The van der Waals surface area contributed by atoms with Gasteiger partial charge in [0.25, 0.3) is 0 Å². The minimum atomic E-state index is -0.291. The smallest absolute Gasteiger partial charge is 0.336 e. The summed E-state index contributed by atoms with van der Waals surface area (Å²) in [5.41, 5.74) is 0.541. The third-order valence-corrected chi connectivity index (χ3v) is 2.25. The van der Waals surface area contributed by atoms with Crippen molar-refractivity contribution < 1.29 is 4.42 Å². The largest absolute Gasteiger partial charge is 0.428 e. The van der Waals surface area contributed by atoms with Crippen molar-refractivity contribution in [2.75, 3.05) is 0 Å². The lowest BCUT2D eigenvalue weighted by molar-refractivity contribution is 0.420. The van der Waals surface area contributed by atoms with E-state index in [9.17, 15) is 4.79 Å². The molecule has 76 valence electrons. The van der Waals surface area contributed by atoms with Gasteiger partial charge in [0.2, 0.25) is 0 Å². The third-order valence-electron chi connectivity index (χ3n) is 2.25. The number of hydrogen-bond donors (Lipinski definition) is 0. The van der Waals surface area contributed by atoms with Gasteiger partial charge >= 0.3 is 5.63 Å². The highest BCUT2D eigenvalue weighted by Gasteiger charge is 2.08. The molecule has 0 aromatic carbocycles. The van der Waals surface area contributed by atoms with Crippen LogP contribution < -0.4 is 5.63 Å². The van der Waals surface area contributed by atoms with Crippen LogP contribution in [0.1, 0.15) is 43.9 Å². The topological polar surface area (TPSA) is 30.2 Å². The molecular weight excluding hydrogens is 176 g/mol. The Labute approximate surface area is 84.3 Å². The molecule has 0 bridgehead atoms. The van der Waals surface area contributed by atoms with Gasteiger partial charge in [0.15, 0.2) is 0 Å². The molecule has 1 aromatic heterocycles. The van der Waals surface area contributed by atoms with Crippen molar-refractivity contribution in [3.63, 3.8) is 0 Å². The molecule has 0 N–H and O–H groups in total. The zero-order valence-corrected chi connectivity index (χ0v) is 8.75. The van der Waals surface area contributed by atoms with E-state index in [0.29, 0.717) is 5.92 Å². The summed E-state index contributed by atoms with van der Waals surface area (Å²) in [5.74, 6) is 1.06. The van der Waals surface area contributed by atoms with Gasteiger partial charge in [-0.25, -0.2) is 4.79 Å². The molecule has 0 fully saturated rings. The fraction of sp³-hybridized carbons (Fsp3) is 0.417. The van der Waals surface area contributed by atoms with Gasteiger partial charge in [-0.2, -0.15) is 0 Å². The first kappa shape index (κ1) is 10.8. The minimum Gasteiger partial charge on any atom is -0.428 e. The van der Waals surface area contributed by atoms with Crippen LogP contribution in [-0.2, 0) is 0 Å². The van der Waals surface area contributed by atoms with Crippen molar-refractivity contribution in [3.05, 3.63) is 40.5 Å². The zero-order chi connectivity index (χ0) is 10.6. The third kappa shape index (κ3) is 2.59. The molecule has 1 atom stereocenters. The highest BCUT2D eigenvalue weighted by Crippen LogP contribution is 2.20. The Morgan fingerprint density at radius 1 is 1.57 bits per heavy atom. The van der Waals surface area contributed by atoms with Crippen LogP contribution >= 0.6 is 0 Å². The maximum absolute atomic E-state index is 11.2. The van der Waals surface area contributed by atoms with Gasteiger partial charge in [0, 0.05) is 12.0 Å². The molecule has 0 aliphatic carbocycles. The lowest BCUT2D eigenvalue weighted by Gasteiger charge is -2.08. The van der Waals surface area contributed by atoms with Crippen molar-refractivity contribution in [1.29, 1.82) is 0 Å². The summed E-state index contributed by atoms with van der Waals surface area (Å²) in [7, 11) is 0. The van der Waals surface area contributed by atoms with Gasteiger partial charge in [-0.1, -0.05) is 32.9 Å². The monoisotopic (exact) mass is 192 g/mol. The molecule has 2 heteroatoms. The second-order valence-electron chi connectivity index (χ2n) is 3.51. The molecule has 1 rings (SSSR count). The molecule has 2 nitrogen and oxygen atoms in total. The second-order valence-corrected chi connectivity index (χ2v) is 3.51. The molecule has 1 heterocycles. The first-order valence-electron chi connectivity index (χ1n) is 4.95. The summed E-state index contributed by atoms with van der Waals surface area (Å²) in [6, 6.07) is 3.34. The Morgan fingerprint density at radius 2 is 2.29 bits per heavy atom. The zero-order valence-electron chi connectivity index (χ0n) is 8.75. The fourth-order valence-electron chi connectivity index (χ4n) is 1.45. The summed E-state index contributed by atoms with van der Waals surface area (Å²) in [6.45, 7) is 7.82. The van der Waals surface area contributed by atoms with Crippen molar-refractivity contribution in [2.24, 2.45) is 0 Å². The van der Waals surface area contributed by atoms with Gasteiger partial charge < -0.3 is 4.42 Å². The lowest BCUT2D eigenvalue weighted by Crippen LogP contribution is -2.03. The number of rotatable bonds is 4. The van der Waals surface area contributed by atoms with Crippen LogP contribution in [0, 0.1) is 0 Å². The average Bonchev–Trinajstić information content (AvgIpc) is 2.17. The maximum Gasteiger partial charge on any atom is 0.336 e. The Hall–Kier alpha value is -1.31. The first-order chi connectivity index (χ1) is 6.67. The molecule has 0 spiro atoms. The van der Waals surface area contributed by atoms with E-state index in [1.165, 1.54) is 6.07 Å². The Bertz CT molecular complexity index is 363. The molecule has 0 aliphatic heterocycles. The average molecular weight is 192 g/mol. The summed E-state index contributed by atoms with van der Waals surface area (Å²) in [6.07, 6.45) is 3.78. The van der Waals surface area contributed by atoms with E-state index in [1.54, 1.807) is 6.08 Å². The molecule has 0 unspecified atom stereocenters. The Morgan fingerprint density at radius 3 is 2.86 bits per heavy atom. The first-order valence-corrected chi connectivity index (χ1v) is 4.95. The van der Waals surface area contributed by atoms with Crippen molar-refractivity contribution in [1.82, 2.24) is 0 Å². The fourth-order valence-corrected chi connectivity index (χ4v) is 1.45. The van der Waals surface area contributed by atoms with Crippen molar-refractivity contribution >= 4 is 6.08 Å². The molecule has 0 saturated heterocycles. The Balaban J connectivity index is 3.02. The van der Waals surface area contributed by atoms with Crippen LogP contribution in [-0.4, -0.2) is 0 Å². The molecule has 1 aromatic rings. The van der Waals surface area contributed by atoms with E-state index in [1.807, 2.05) is 6.07 Å². The summed E-state index contributed by atoms with van der Waals surface area (Å²) >= 11 is 0. The molecule has 0 radical (unpaired) electrons. The van der Waals surface area contributed by atoms with Crippen LogP contribution in [0.2, 0.25) is 0 Å². The quantitative estimate of drug-likeness (QED) is 0.733. The van der Waals surface area contributed by atoms with Crippen LogP contribution in [0.4, 0.5) is 0 Å². The van der Waals surface area contributed by atoms with E-state index in [-0.39, 0.29) is 5.63 Å². The summed E-state index contributed by atoms with van der Waals surface area (Å²) in [4.78, 5) is 11.2. The van der Waals surface area contributed by atoms with Crippen molar-refractivity contribution in [3.8, 4) is 0 Å². The highest BCUT2D eigenvalue weighted by atomic mass is 16.4. The summed E-state index contributed by atoms with van der Waals surface area (Å²) in [5, 5.41) is 0. The minimum absolute atomic E-state index is 0.291. The predicted molar refractivity (Wildman–Crippen MR) is 58.4 cm³/mol. The van der Waals surface area contributed by atoms with Gasteiger partial charge in [-0.15, -0.1) is 0 Å². The molecular formula is C12H16O2. The molecule has 0 saturated carbocycles. The van der Waals surface area contributed by atoms with Crippen LogP contribution in [0.5, 0.6) is 0 Å². The normalized spacial score (nSPS) is 12.4. The van der Waals surface area contributed by atoms with Crippen LogP contribution in [0.25, 0.3) is 6.08 Å². The SMILES string of the molecule is C=Cc1cc([C@H](C)CCC)oc(=O)c1. The van der Waals surface area contributed by atoms with Crippen LogP contribution in [0.15, 0.2) is 27.9 Å². The van der Waals surface area contributed by atoms with E-state index >= 15 is 0 Å². The molecule has 0 aliphatic rings. The van der Waals surface area contributed by atoms with Gasteiger partial charge in [0.05, 0.1) is 0 Å². The van der Waals surface area contributed by atoms with E-state index < -0.39 is 0 Å². The second kappa shape index (κ2) is 4.80. The summed E-state index contributed by atoms with van der Waals surface area (Å²) < 4.78 is 5.13. The van der Waals surface area contributed by atoms with Gasteiger partial charge in [-0.05, 0) is 18.1 Å². The highest BCUT2D eigenvalue weighted by molar-refractivity contribution is 5.46. The van der Waals surface area contributed by atoms with E-state index in [4.69, 9.17) is 4.42 Å². The molecule has 14 heavy (non-hydrogen) atoms. The predicted octanol–water partition coefficient (Wildman–Crippen LogP) is 3.19. The standard InChI is InChI=1S/C12H16O2/c1-4-6-9(3)11-7-10(5-2)8-12(13)14-11/h5,7-9H,2,4,6H2,1,3H3/t9-/m1/s1. The maximum atomic E-state index is 11.2. The van der Waals surface area contributed by atoms with Crippen molar-refractivity contribution in [2.45, 2.75) is 32.6 Å². The lowest BCUT2D eigenvalue weighted by atomic mass is 10.0. The van der Waals surface area contributed by atoms with E-state index in [2.05, 4.69) is 20.4 Å². The molecule has 0 amide bonds. The van der Waals surface area contributed by atoms with E-state index in [0.717, 1.165) is 24.2 Å². The van der Waals surface area contributed by atoms with Gasteiger partial charge in [-0.3, -0.25) is 0 Å². The van der Waals surface area contributed by atoms with Crippen LogP contribution in [0.3, 0.4) is 0 Å².